The second kappa shape index (κ2) is 75.0. The van der Waals surface area contributed by atoms with Gasteiger partial charge >= 0.3 is 12.1 Å². The largest absolute Gasteiger partial charge is 0.445 e. The molecule has 0 saturated carbocycles. The molecular formula is C107H175N9O30. The van der Waals surface area contributed by atoms with Gasteiger partial charge in [-0.05, 0) is 97.8 Å². The summed E-state index contributed by atoms with van der Waals surface area (Å²) in [5, 5.41) is 19.4. The summed E-state index contributed by atoms with van der Waals surface area (Å²) in [6.45, 7) is 27.8. The molecule has 2 fully saturated rings. The lowest BCUT2D eigenvalue weighted by Gasteiger charge is -2.41. The molecule has 0 aromatic heterocycles. The van der Waals surface area contributed by atoms with E-state index in [0.717, 1.165) is 12.0 Å². The van der Waals surface area contributed by atoms with Crippen LogP contribution in [0, 0.1) is 53.3 Å². The maximum absolute atomic E-state index is 15.1. The minimum absolute atomic E-state index is 0.0790. The van der Waals surface area contributed by atoms with Crippen molar-refractivity contribution in [3.05, 3.63) is 77.9 Å². The molecule has 3 heterocycles. The Bertz CT molecular complexity index is 4060. The zero-order valence-corrected chi connectivity index (χ0v) is 89.5. The minimum Gasteiger partial charge on any atom is -0.445 e. The standard InChI is InChI=1S/C107H175N9O30/c1-15-79(8)100(93(131-13)74-97(124)115-41-25-30-89(115)102(132-14)81(10)90(118)70-80(9)101(125)83-26-20-19-21-27-83)112(11)105(128)88(76(2)3)73-92(120)99(78(6)7)113(12)107(130)146-75-82-31-34-86(35-32-82)110-103(126)84(28-24-39-109-106(108)129)72-91(119)98(77(4)5)111-94(121)36-33-85(71-87(117)29-22-17-16-18-23-40-116-95(122)37-38-96(116)123)104(127)114-42-44-133-46-48-135-50-52-137-54-56-139-58-60-141-62-64-143-66-68-145-69-67-144-65-63-142-61-59-140-57-55-138-53-51-136-49-47-134-45-43-114/h19-21,26-27,31-32,34-35,37-38,76-81,84-85,88-89,93,98-102,125H,15-18,22-25,28-30,33,36,39-75H2,1-14H3,(H,110,126)(H,111,121)(H3,108,109,129)/t79-,80-,81-,84+,85+,88-,89-,93+,98-,99-,100-,101+,102+/m0/s1. The summed E-state index contributed by atoms with van der Waals surface area (Å²) >= 11 is 0. The van der Waals surface area contributed by atoms with Crippen LogP contribution >= 0.6 is 0 Å². The number of carbonyl (C=O) groups is 13. The highest BCUT2D eigenvalue weighted by molar-refractivity contribution is 6.13. The molecule has 828 valence electrons. The number of aliphatic hydroxyl groups excluding tert-OH is 1. The van der Waals surface area contributed by atoms with Gasteiger partial charge in [0.15, 0.2) is 11.6 Å². The number of anilines is 1. The number of imide groups is 1. The van der Waals surface area contributed by atoms with Crippen LogP contribution in [0.2, 0.25) is 0 Å². The number of aliphatic hydroxyl groups is 1. The number of Topliss-reactive ketones (excluding diaryl/α,β-unsaturated/α-hetero) is 4. The van der Waals surface area contributed by atoms with Gasteiger partial charge in [0.05, 0.1) is 221 Å². The van der Waals surface area contributed by atoms with Gasteiger partial charge in [0.1, 0.15) is 18.2 Å². The summed E-state index contributed by atoms with van der Waals surface area (Å²) in [7, 11) is 6.20. The van der Waals surface area contributed by atoms with Crippen LogP contribution < -0.4 is 21.7 Å². The number of likely N-dealkylation sites (tertiary alicyclic amines) is 1. The molecule has 146 heavy (non-hydrogen) atoms. The minimum atomic E-state index is -1.12. The molecule has 0 unspecified atom stereocenters. The Balaban J connectivity index is 1.23. The van der Waals surface area contributed by atoms with E-state index in [0.29, 0.717) is 195 Å². The number of unbranched alkanes of at least 4 members (excludes halogenated alkanes) is 4. The van der Waals surface area contributed by atoms with E-state index in [1.807, 2.05) is 71.9 Å². The molecule has 2 aromatic rings. The first kappa shape index (κ1) is 128. The van der Waals surface area contributed by atoms with E-state index in [9.17, 15) is 57.8 Å². The molecule has 0 radical (unpaired) electrons. The van der Waals surface area contributed by atoms with Crippen molar-refractivity contribution in [2.45, 2.75) is 234 Å². The number of rotatable bonds is 49. The van der Waals surface area contributed by atoms with Gasteiger partial charge in [-0.2, -0.15) is 0 Å². The number of nitrogens with one attached hydrogen (secondary N) is 3. The van der Waals surface area contributed by atoms with E-state index in [1.165, 1.54) is 36.1 Å². The van der Waals surface area contributed by atoms with Gasteiger partial charge in [-0.25, -0.2) is 9.59 Å². The molecule has 39 heteroatoms. The first-order valence-corrected chi connectivity index (χ1v) is 52.6. The molecule has 6 N–H and O–H groups in total. The van der Waals surface area contributed by atoms with Crippen molar-refractivity contribution in [2.75, 3.05) is 238 Å². The van der Waals surface area contributed by atoms with Gasteiger partial charge in [-0.15, -0.1) is 0 Å². The van der Waals surface area contributed by atoms with Gasteiger partial charge in [0, 0.05) is 141 Å². The quantitative estimate of drug-likeness (QED) is 0.0304. The van der Waals surface area contributed by atoms with Gasteiger partial charge < -0.3 is 122 Å². The highest BCUT2D eigenvalue weighted by atomic mass is 16.6. The predicted octanol–water partition coefficient (Wildman–Crippen LogP) is 9.54. The number of nitrogens with zero attached hydrogens (tertiary/aromatic N) is 5. The molecule has 3 aliphatic heterocycles. The fourth-order valence-electron chi connectivity index (χ4n) is 18.0. The van der Waals surface area contributed by atoms with Crippen molar-refractivity contribution in [3.63, 3.8) is 0 Å². The molecule has 13 atom stereocenters. The van der Waals surface area contributed by atoms with Crippen molar-refractivity contribution < 1.29 is 143 Å². The Morgan fingerprint density at radius 2 is 1.00 bits per heavy atom. The topological polar surface area (TPSA) is 468 Å². The van der Waals surface area contributed by atoms with E-state index < -0.39 is 114 Å². The first-order valence-electron chi connectivity index (χ1n) is 52.6. The molecule has 0 spiro atoms. The SMILES string of the molecule is CC[C@H](C)[C@@H]([C@@H](CC(=O)N1CCC[C@H]1[C@H](OC)[C@@H](C)C(=O)C[C@H](C)[C@@H](O)c1ccccc1)OC)N(C)C(=O)[C@@H](CC(=O)[C@H](C(C)C)N(C)C(=O)OCc1ccc(NC(=O)[C@H](CCCNC(N)=O)CC(=O)[C@@H](NC(=O)CC[C@H](CC(=O)CCCCCCCN2C(=O)C=CC2=O)C(=O)N2CCOCCOCCOCCOCCOCCOCCOCCOCCOCCOCCOCCOCCOCC2)C(C)C)cc1)C(C)C. The van der Waals surface area contributed by atoms with Gasteiger partial charge in [-0.1, -0.05) is 137 Å². The average molecular weight is 2070 g/mol. The predicted molar refractivity (Wildman–Crippen MR) is 546 cm³/mol. The number of benzene rings is 2. The van der Waals surface area contributed by atoms with Crippen LogP contribution in [0.5, 0.6) is 0 Å². The van der Waals surface area contributed by atoms with Crippen LogP contribution in [0.3, 0.4) is 0 Å². The van der Waals surface area contributed by atoms with Gasteiger partial charge in [-0.3, -0.25) is 57.6 Å². The van der Waals surface area contributed by atoms with E-state index in [-0.39, 0.29) is 195 Å². The van der Waals surface area contributed by atoms with Crippen molar-refractivity contribution in [3.8, 4) is 0 Å². The van der Waals surface area contributed by atoms with Crippen molar-refractivity contribution >= 4 is 82.3 Å². The number of primary amides is 1. The number of likely N-dealkylation sites (N-methyl/N-ethyl adjacent to an activating group) is 2. The first-order chi connectivity index (χ1) is 70.2. The number of methoxy groups -OCH3 is 2. The third-order valence-electron chi connectivity index (χ3n) is 26.6. The van der Waals surface area contributed by atoms with E-state index in [2.05, 4.69) is 16.0 Å². The molecule has 2 aromatic carbocycles. The molecular weight excluding hydrogens is 1890 g/mol. The van der Waals surface area contributed by atoms with Gasteiger partial charge in [0.25, 0.3) is 11.8 Å². The fraction of sp³-hybridized carbons (Fsp3) is 0.748. The second-order valence-corrected chi connectivity index (χ2v) is 38.7. The lowest BCUT2D eigenvalue weighted by molar-refractivity contribution is -0.149. The van der Waals surface area contributed by atoms with Crippen molar-refractivity contribution in [2.24, 2.45) is 59.0 Å². The number of hydrogen-bond acceptors (Lipinski definition) is 30. The van der Waals surface area contributed by atoms with Crippen LogP contribution in [-0.2, 0) is 135 Å². The van der Waals surface area contributed by atoms with Gasteiger partial charge in [0.2, 0.25) is 29.5 Å². The van der Waals surface area contributed by atoms with E-state index >= 15 is 9.59 Å². The summed E-state index contributed by atoms with van der Waals surface area (Å²) in [5.74, 6) is -9.15. The fourth-order valence-corrected chi connectivity index (χ4v) is 18.0. The monoisotopic (exact) mass is 2070 g/mol. The molecule has 5 rings (SSSR count). The lowest BCUT2D eigenvalue weighted by Crippen LogP contribution is -2.54. The van der Waals surface area contributed by atoms with Crippen LogP contribution in [0.4, 0.5) is 15.3 Å². The molecule has 0 bridgehead atoms. The molecule has 0 aliphatic carbocycles. The zero-order chi connectivity index (χ0) is 107. The zero-order valence-electron chi connectivity index (χ0n) is 89.5. The lowest BCUT2D eigenvalue weighted by atomic mass is 9.83. The molecule has 10 amide bonds. The Hall–Kier alpha value is -8.75. The highest BCUT2D eigenvalue weighted by Crippen LogP contribution is 2.35. The normalized spacial score (nSPS) is 19.3. The number of urea groups is 1. The second-order valence-electron chi connectivity index (χ2n) is 38.7. The summed E-state index contributed by atoms with van der Waals surface area (Å²) < 4.78 is 91.9. The number of amides is 10. The van der Waals surface area contributed by atoms with Crippen LogP contribution in [0.1, 0.15) is 202 Å². The molecule has 39 nitrogen and oxygen atoms in total. The van der Waals surface area contributed by atoms with E-state index in [1.54, 1.807) is 80.8 Å². The Kier molecular flexibility index (Phi) is 65.6. The van der Waals surface area contributed by atoms with Crippen LogP contribution in [0.15, 0.2) is 66.7 Å². The smallest absolute Gasteiger partial charge is 0.410 e. The van der Waals surface area contributed by atoms with Crippen LogP contribution in [-0.4, -0.2) is 375 Å². The summed E-state index contributed by atoms with van der Waals surface area (Å²) in [5.41, 5.74) is 6.97. The Morgan fingerprint density at radius 1 is 0.507 bits per heavy atom. The van der Waals surface area contributed by atoms with Crippen molar-refractivity contribution in [1.29, 1.82) is 0 Å². The number of ether oxygens (including phenoxy) is 16. The third kappa shape index (κ3) is 49.8. The van der Waals surface area contributed by atoms with Crippen LogP contribution in [0.25, 0.3) is 0 Å². The Labute approximate surface area is 865 Å². The van der Waals surface area contributed by atoms with E-state index in [4.69, 9.17) is 81.5 Å². The number of carbonyl (C=O) groups excluding carboxylic acids is 13. The number of nitrogens with two attached hydrogens (primary N) is 1. The molecule has 3 aliphatic rings. The summed E-state index contributed by atoms with van der Waals surface area (Å²) in [4.78, 5) is 189. The number of ketones is 4. The molecule has 2 saturated heterocycles. The maximum Gasteiger partial charge on any atom is 0.410 e. The maximum atomic E-state index is 15.1. The Morgan fingerprint density at radius 3 is 1.47 bits per heavy atom. The average Bonchev–Trinajstić information content (AvgIpc) is 1.19. The summed E-state index contributed by atoms with van der Waals surface area (Å²) in [6, 6.07) is 11.7. The van der Waals surface area contributed by atoms with Crippen molar-refractivity contribution in [1.82, 2.24) is 35.1 Å². The third-order valence-corrected chi connectivity index (χ3v) is 26.6. The summed E-state index contributed by atoms with van der Waals surface area (Å²) in [6.07, 6.45) is 3.95. The number of hydrogen-bond donors (Lipinski definition) is 5. The highest BCUT2D eigenvalue weighted by Gasteiger charge is 2.45.